The van der Waals surface area contributed by atoms with Crippen LogP contribution in [0.4, 0.5) is 0 Å². The SMILES string of the molecule is CC(NCC(Cc1ccccc1)NCc1ccccc1)c1cccc2ccccc12.Cl. The summed E-state index contributed by atoms with van der Waals surface area (Å²) in [7, 11) is 0. The molecule has 0 saturated carbocycles. The number of benzene rings is 4. The molecule has 0 aliphatic heterocycles. The van der Waals surface area contributed by atoms with Crippen LogP contribution in [0.25, 0.3) is 10.8 Å². The predicted molar refractivity (Wildman–Crippen MR) is 135 cm³/mol. The van der Waals surface area contributed by atoms with Gasteiger partial charge < -0.3 is 10.6 Å². The number of hydrogen-bond donors (Lipinski definition) is 2. The highest BCUT2D eigenvalue weighted by atomic mass is 35.5. The van der Waals surface area contributed by atoms with Crippen molar-refractivity contribution in [1.82, 2.24) is 10.6 Å². The topological polar surface area (TPSA) is 24.1 Å². The maximum absolute atomic E-state index is 3.79. The van der Waals surface area contributed by atoms with Crippen LogP contribution >= 0.6 is 12.4 Å². The molecule has 0 fully saturated rings. The molecule has 2 N–H and O–H groups in total. The van der Waals surface area contributed by atoms with Crippen LogP contribution in [0.15, 0.2) is 103 Å². The van der Waals surface area contributed by atoms with Crippen LogP contribution in [0.5, 0.6) is 0 Å². The molecule has 0 spiro atoms. The number of hydrogen-bond acceptors (Lipinski definition) is 2. The summed E-state index contributed by atoms with van der Waals surface area (Å²) in [6, 6.07) is 37.2. The van der Waals surface area contributed by atoms with Crippen molar-refractivity contribution >= 4 is 23.2 Å². The minimum Gasteiger partial charge on any atom is -0.309 e. The van der Waals surface area contributed by atoms with E-state index in [4.69, 9.17) is 0 Å². The fourth-order valence-corrected chi connectivity index (χ4v) is 4.03. The lowest BCUT2D eigenvalue weighted by Gasteiger charge is -2.23. The second-order valence-corrected chi connectivity index (χ2v) is 7.95. The Labute approximate surface area is 192 Å². The number of nitrogens with one attached hydrogen (secondary N) is 2. The molecule has 2 nitrogen and oxygen atoms in total. The molecule has 31 heavy (non-hydrogen) atoms. The van der Waals surface area contributed by atoms with Crippen molar-refractivity contribution in [2.75, 3.05) is 6.54 Å². The lowest BCUT2D eigenvalue weighted by Crippen LogP contribution is -2.40. The Bertz CT molecular complexity index is 1040. The van der Waals surface area contributed by atoms with Crippen LogP contribution in [-0.4, -0.2) is 12.6 Å². The molecule has 0 aromatic heterocycles. The third-order valence-corrected chi connectivity index (χ3v) is 5.72. The molecule has 0 bridgehead atoms. The lowest BCUT2D eigenvalue weighted by atomic mass is 9.99. The molecule has 4 rings (SSSR count). The van der Waals surface area contributed by atoms with E-state index >= 15 is 0 Å². The maximum atomic E-state index is 3.79. The first-order valence-corrected chi connectivity index (χ1v) is 10.8. The highest BCUT2D eigenvalue weighted by molar-refractivity contribution is 5.86. The van der Waals surface area contributed by atoms with Crippen LogP contribution in [-0.2, 0) is 13.0 Å². The fourth-order valence-electron chi connectivity index (χ4n) is 4.03. The van der Waals surface area contributed by atoms with Crippen LogP contribution in [0.1, 0.15) is 29.7 Å². The molecule has 0 aliphatic carbocycles. The van der Waals surface area contributed by atoms with Crippen molar-refractivity contribution in [3.63, 3.8) is 0 Å². The predicted octanol–water partition coefficient (Wildman–Crippen LogP) is 6.31. The van der Waals surface area contributed by atoms with E-state index in [1.165, 1.54) is 27.5 Å². The molecular formula is C28H31ClN2. The van der Waals surface area contributed by atoms with Gasteiger partial charge in [-0.25, -0.2) is 0 Å². The van der Waals surface area contributed by atoms with Gasteiger partial charge in [-0.15, -0.1) is 12.4 Å². The number of halogens is 1. The second kappa shape index (κ2) is 11.7. The largest absolute Gasteiger partial charge is 0.309 e. The van der Waals surface area contributed by atoms with Crippen molar-refractivity contribution < 1.29 is 0 Å². The molecule has 0 aliphatic rings. The highest BCUT2D eigenvalue weighted by Gasteiger charge is 2.13. The zero-order chi connectivity index (χ0) is 20.6. The van der Waals surface area contributed by atoms with E-state index in [0.29, 0.717) is 6.04 Å². The van der Waals surface area contributed by atoms with Gasteiger partial charge in [0.2, 0.25) is 0 Å². The van der Waals surface area contributed by atoms with E-state index in [9.17, 15) is 0 Å². The summed E-state index contributed by atoms with van der Waals surface area (Å²) < 4.78 is 0. The van der Waals surface area contributed by atoms with Crippen LogP contribution in [0.3, 0.4) is 0 Å². The van der Waals surface area contributed by atoms with Gasteiger partial charge in [0.1, 0.15) is 0 Å². The van der Waals surface area contributed by atoms with Gasteiger partial charge in [0.15, 0.2) is 0 Å². The van der Waals surface area contributed by atoms with Crippen molar-refractivity contribution in [1.29, 1.82) is 0 Å². The van der Waals surface area contributed by atoms with Gasteiger partial charge in [0.05, 0.1) is 0 Å². The zero-order valence-electron chi connectivity index (χ0n) is 18.0. The van der Waals surface area contributed by atoms with Crippen LogP contribution in [0.2, 0.25) is 0 Å². The third-order valence-electron chi connectivity index (χ3n) is 5.72. The average molecular weight is 431 g/mol. The molecule has 2 unspecified atom stereocenters. The summed E-state index contributed by atoms with van der Waals surface area (Å²) >= 11 is 0. The number of fused-ring (bicyclic) bond motifs is 1. The first-order chi connectivity index (χ1) is 14.8. The maximum Gasteiger partial charge on any atom is 0.0298 e. The Morgan fingerprint density at radius 1 is 0.645 bits per heavy atom. The van der Waals surface area contributed by atoms with E-state index in [1.54, 1.807) is 0 Å². The molecule has 4 aromatic carbocycles. The van der Waals surface area contributed by atoms with Crippen LogP contribution < -0.4 is 10.6 Å². The molecule has 0 heterocycles. The van der Waals surface area contributed by atoms with E-state index in [2.05, 4.69) is 121 Å². The molecule has 0 amide bonds. The Balaban J connectivity index is 0.00000272. The quantitative estimate of drug-likeness (QED) is 0.325. The highest BCUT2D eigenvalue weighted by Crippen LogP contribution is 2.24. The normalized spacial score (nSPS) is 12.8. The smallest absolute Gasteiger partial charge is 0.0298 e. The monoisotopic (exact) mass is 430 g/mol. The summed E-state index contributed by atoms with van der Waals surface area (Å²) in [6.45, 7) is 4.05. The zero-order valence-corrected chi connectivity index (χ0v) is 18.8. The Morgan fingerprint density at radius 2 is 1.26 bits per heavy atom. The van der Waals surface area contributed by atoms with E-state index < -0.39 is 0 Å². The summed E-state index contributed by atoms with van der Waals surface area (Å²) in [5, 5.41) is 10.2. The van der Waals surface area contributed by atoms with Crippen molar-refractivity contribution in [3.8, 4) is 0 Å². The molecule has 2 atom stereocenters. The summed E-state index contributed by atoms with van der Waals surface area (Å²) in [6.07, 6.45) is 1.00. The molecule has 4 aromatic rings. The van der Waals surface area contributed by atoms with E-state index in [1.807, 2.05) is 0 Å². The van der Waals surface area contributed by atoms with Gasteiger partial charge in [-0.1, -0.05) is 103 Å². The third kappa shape index (κ3) is 6.41. The fraction of sp³-hybridized carbons (Fsp3) is 0.214. The second-order valence-electron chi connectivity index (χ2n) is 7.95. The standard InChI is InChI=1S/C28H30N2.ClH/c1-22(27-18-10-16-25-15-8-9-17-28(25)27)29-21-26(19-23-11-4-2-5-12-23)30-20-24-13-6-3-7-14-24;/h2-18,22,26,29-30H,19-21H2,1H3;1H. The van der Waals surface area contributed by atoms with Crippen molar-refractivity contribution in [2.24, 2.45) is 0 Å². The summed E-state index contributed by atoms with van der Waals surface area (Å²) in [4.78, 5) is 0. The average Bonchev–Trinajstić information content (AvgIpc) is 2.81. The van der Waals surface area contributed by atoms with Gasteiger partial charge in [0.25, 0.3) is 0 Å². The minimum atomic E-state index is 0. The Morgan fingerprint density at radius 3 is 2.00 bits per heavy atom. The van der Waals surface area contributed by atoms with Gasteiger partial charge in [-0.2, -0.15) is 0 Å². The van der Waals surface area contributed by atoms with E-state index in [-0.39, 0.29) is 18.4 Å². The first-order valence-electron chi connectivity index (χ1n) is 10.8. The van der Waals surface area contributed by atoms with Crippen molar-refractivity contribution in [2.45, 2.75) is 32.0 Å². The van der Waals surface area contributed by atoms with Gasteiger partial charge in [-0.05, 0) is 40.8 Å². The molecule has 0 radical (unpaired) electrons. The van der Waals surface area contributed by atoms with Gasteiger partial charge in [0, 0.05) is 25.2 Å². The lowest BCUT2D eigenvalue weighted by molar-refractivity contribution is 0.443. The molecule has 0 saturated heterocycles. The van der Waals surface area contributed by atoms with E-state index in [0.717, 1.165) is 19.5 Å². The molecular weight excluding hydrogens is 400 g/mol. The van der Waals surface area contributed by atoms with Crippen LogP contribution in [0, 0.1) is 0 Å². The summed E-state index contributed by atoms with van der Waals surface area (Å²) in [5.41, 5.74) is 4.04. The number of rotatable bonds is 9. The van der Waals surface area contributed by atoms with Gasteiger partial charge in [-0.3, -0.25) is 0 Å². The molecule has 3 heteroatoms. The van der Waals surface area contributed by atoms with Gasteiger partial charge >= 0.3 is 0 Å². The van der Waals surface area contributed by atoms with Crippen molar-refractivity contribution in [3.05, 3.63) is 120 Å². The Hall–Kier alpha value is -2.65. The molecule has 160 valence electrons. The summed E-state index contributed by atoms with van der Waals surface area (Å²) in [5.74, 6) is 0. The minimum absolute atomic E-state index is 0. The first kappa shape index (κ1) is 23.0. The Kier molecular flexibility index (Phi) is 8.66.